The van der Waals surface area contributed by atoms with Gasteiger partial charge in [0.05, 0.1) is 18.8 Å². The molecule has 5 heteroatoms. The van der Waals surface area contributed by atoms with E-state index in [4.69, 9.17) is 4.74 Å². The highest BCUT2D eigenvalue weighted by Crippen LogP contribution is 2.17. The summed E-state index contributed by atoms with van der Waals surface area (Å²) in [4.78, 5) is 16.1. The van der Waals surface area contributed by atoms with Gasteiger partial charge >= 0.3 is 6.03 Å². The average Bonchev–Trinajstić information content (AvgIpc) is 2.48. The largest absolute Gasteiger partial charge is 0.497 e. The van der Waals surface area contributed by atoms with Gasteiger partial charge in [-0.1, -0.05) is 12.1 Å². The number of anilines is 1. The van der Waals surface area contributed by atoms with Crippen molar-refractivity contribution >= 4 is 11.7 Å². The van der Waals surface area contributed by atoms with Gasteiger partial charge in [-0.15, -0.1) is 0 Å². The molecule has 104 valence electrons. The lowest BCUT2D eigenvalue weighted by atomic mass is 10.2. The number of benzene rings is 1. The van der Waals surface area contributed by atoms with Gasteiger partial charge in [-0.25, -0.2) is 4.79 Å². The molecular weight excluding hydrogens is 254 g/mol. The Morgan fingerprint density at radius 2 is 2.10 bits per heavy atom. The van der Waals surface area contributed by atoms with Gasteiger partial charge in [0.15, 0.2) is 0 Å². The van der Waals surface area contributed by atoms with Crippen molar-refractivity contribution in [1.29, 1.82) is 0 Å². The molecule has 2 aromatic rings. The maximum absolute atomic E-state index is 11.9. The number of pyridine rings is 1. The van der Waals surface area contributed by atoms with Gasteiger partial charge in [0.1, 0.15) is 5.75 Å². The molecule has 0 spiro atoms. The molecule has 1 heterocycles. The fraction of sp³-hybridized carbons (Fsp3) is 0.200. The van der Waals surface area contributed by atoms with E-state index in [1.807, 2.05) is 37.3 Å². The van der Waals surface area contributed by atoms with Gasteiger partial charge in [-0.3, -0.25) is 4.98 Å². The Balaban J connectivity index is 1.95. The number of rotatable bonds is 4. The molecule has 0 aliphatic carbocycles. The summed E-state index contributed by atoms with van der Waals surface area (Å²) < 4.78 is 5.11. The summed E-state index contributed by atoms with van der Waals surface area (Å²) in [7, 11) is 1.59. The first-order chi connectivity index (χ1) is 9.69. The molecule has 0 bridgehead atoms. The average molecular weight is 271 g/mol. The first kappa shape index (κ1) is 13.9. The van der Waals surface area contributed by atoms with Crippen LogP contribution in [0.1, 0.15) is 18.7 Å². The number of amides is 2. The third kappa shape index (κ3) is 3.71. The number of nitrogens with zero attached hydrogens (tertiary/aromatic N) is 1. The minimum absolute atomic E-state index is 0.165. The standard InChI is InChI=1S/C15H17N3O2/c1-11(14-8-3-4-9-16-14)17-15(19)18-12-6-5-7-13(10-12)20-2/h3-11H,1-2H3,(H2,17,18,19). The lowest BCUT2D eigenvalue weighted by molar-refractivity contribution is 0.249. The minimum atomic E-state index is -0.281. The van der Waals surface area contributed by atoms with E-state index in [9.17, 15) is 4.79 Å². The molecule has 0 radical (unpaired) electrons. The van der Waals surface area contributed by atoms with Crippen LogP contribution in [0.2, 0.25) is 0 Å². The van der Waals surface area contributed by atoms with Crippen LogP contribution in [0.15, 0.2) is 48.7 Å². The number of carbonyl (C=O) groups is 1. The minimum Gasteiger partial charge on any atom is -0.497 e. The first-order valence-corrected chi connectivity index (χ1v) is 6.31. The van der Waals surface area contributed by atoms with Crippen molar-refractivity contribution < 1.29 is 9.53 Å². The zero-order valence-electron chi connectivity index (χ0n) is 11.5. The topological polar surface area (TPSA) is 63.2 Å². The Labute approximate surface area is 118 Å². The molecule has 0 saturated carbocycles. The molecule has 1 atom stereocenters. The van der Waals surface area contributed by atoms with Crippen molar-refractivity contribution in [3.05, 3.63) is 54.4 Å². The van der Waals surface area contributed by atoms with Crippen LogP contribution < -0.4 is 15.4 Å². The Bertz CT molecular complexity index is 572. The lowest BCUT2D eigenvalue weighted by Gasteiger charge is -2.14. The molecule has 1 unspecified atom stereocenters. The molecule has 2 N–H and O–H groups in total. The van der Waals surface area contributed by atoms with E-state index in [1.54, 1.807) is 25.4 Å². The maximum atomic E-state index is 11.9. The van der Waals surface area contributed by atoms with E-state index in [-0.39, 0.29) is 12.1 Å². The van der Waals surface area contributed by atoms with Crippen LogP contribution in [0.4, 0.5) is 10.5 Å². The number of hydrogen-bond acceptors (Lipinski definition) is 3. The highest BCUT2D eigenvalue weighted by Gasteiger charge is 2.10. The lowest BCUT2D eigenvalue weighted by Crippen LogP contribution is -2.31. The Hall–Kier alpha value is -2.56. The molecule has 0 fully saturated rings. The van der Waals surface area contributed by atoms with E-state index in [2.05, 4.69) is 15.6 Å². The quantitative estimate of drug-likeness (QED) is 0.898. The first-order valence-electron chi connectivity index (χ1n) is 6.31. The summed E-state index contributed by atoms with van der Waals surface area (Å²) in [5, 5.41) is 5.59. The fourth-order valence-corrected chi connectivity index (χ4v) is 1.77. The molecule has 1 aromatic carbocycles. The smallest absolute Gasteiger partial charge is 0.319 e. The van der Waals surface area contributed by atoms with Crippen molar-refractivity contribution in [2.45, 2.75) is 13.0 Å². The molecule has 0 aliphatic rings. The van der Waals surface area contributed by atoms with Crippen LogP contribution in [-0.2, 0) is 0 Å². The van der Waals surface area contributed by atoms with Crippen LogP contribution in [-0.4, -0.2) is 18.1 Å². The van der Waals surface area contributed by atoms with E-state index in [0.29, 0.717) is 11.4 Å². The molecule has 0 aliphatic heterocycles. The highest BCUT2D eigenvalue weighted by molar-refractivity contribution is 5.89. The van der Waals surface area contributed by atoms with Gasteiger partial charge in [0, 0.05) is 18.0 Å². The number of aromatic nitrogens is 1. The van der Waals surface area contributed by atoms with Gasteiger partial charge in [-0.05, 0) is 31.2 Å². The molecular formula is C15H17N3O2. The molecule has 20 heavy (non-hydrogen) atoms. The Morgan fingerprint density at radius 1 is 1.25 bits per heavy atom. The van der Waals surface area contributed by atoms with E-state index in [0.717, 1.165) is 5.69 Å². The fourth-order valence-electron chi connectivity index (χ4n) is 1.77. The number of urea groups is 1. The molecule has 2 rings (SSSR count). The van der Waals surface area contributed by atoms with Crippen molar-refractivity contribution in [3.8, 4) is 5.75 Å². The monoisotopic (exact) mass is 271 g/mol. The summed E-state index contributed by atoms with van der Waals surface area (Å²) in [5.74, 6) is 0.695. The van der Waals surface area contributed by atoms with Crippen molar-refractivity contribution in [1.82, 2.24) is 10.3 Å². The second-order valence-electron chi connectivity index (χ2n) is 4.31. The van der Waals surface area contributed by atoms with Crippen LogP contribution >= 0.6 is 0 Å². The highest BCUT2D eigenvalue weighted by atomic mass is 16.5. The molecule has 0 saturated heterocycles. The Kier molecular flexibility index (Phi) is 4.55. The SMILES string of the molecule is COc1cccc(NC(=O)NC(C)c2ccccn2)c1. The molecule has 2 amide bonds. The molecule has 1 aromatic heterocycles. The van der Waals surface area contributed by atoms with E-state index < -0.39 is 0 Å². The molecule has 5 nitrogen and oxygen atoms in total. The summed E-state index contributed by atoms with van der Waals surface area (Å²) in [6.07, 6.45) is 1.70. The Morgan fingerprint density at radius 3 is 2.80 bits per heavy atom. The van der Waals surface area contributed by atoms with Crippen molar-refractivity contribution in [3.63, 3.8) is 0 Å². The number of nitrogens with one attached hydrogen (secondary N) is 2. The summed E-state index contributed by atoms with van der Waals surface area (Å²) in [6.45, 7) is 1.88. The van der Waals surface area contributed by atoms with Crippen LogP contribution in [0.3, 0.4) is 0 Å². The van der Waals surface area contributed by atoms with E-state index in [1.165, 1.54) is 0 Å². The van der Waals surface area contributed by atoms with Crippen LogP contribution in [0.5, 0.6) is 5.75 Å². The van der Waals surface area contributed by atoms with Gasteiger partial charge in [0.2, 0.25) is 0 Å². The van der Waals surface area contributed by atoms with Crippen LogP contribution in [0, 0.1) is 0 Å². The van der Waals surface area contributed by atoms with Gasteiger partial charge in [0.25, 0.3) is 0 Å². The zero-order chi connectivity index (χ0) is 14.4. The maximum Gasteiger partial charge on any atom is 0.319 e. The predicted octanol–water partition coefficient (Wildman–Crippen LogP) is 2.97. The predicted molar refractivity (Wildman–Crippen MR) is 77.8 cm³/mol. The zero-order valence-corrected chi connectivity index (χ0v) is 11.5. The van der Waals surface area contributed by atoms with Gasteiger partial charge in [-0.2, -0.15) is 0 Å². The number of methoxy groups -OCH3 is 1. The van der Waals surface area contributed by atoms with Crippen LogP contribution in [0.25, 0.3) is 0 Å². The normalized spacial score (nSPS) is 11.5. The van der Waals surface area contributed by atoms with Crippen molar-refractivity contribution in [2.24, 2.45) is 0 Å². The van der Waals surface area contributed by atoms with E-state index >= 15 is 0 Å². The number of carbonyl (C=O) groups excluding carboxylic acids is 1. The second-order valence-corrected chi connectivity index (χ2v) is 4.31. The third-order valence-corrected chi connectivity index (χ3v) is 2.81. The summed E-state index contributed by atoms with van der Waals surface area (Å²) >= 11 is 0. The summed E-state index contributed by atoms with van der Waals surface area (Å²) in [6, 6.07) is 12.3. The summed E-state index contributed by atoms with van der Waals surface area (Å²) in [5.41, 5.74) is 1.49. The number of ether oxygens (including phenoxy) is 1. The third-order valence-electron chi connectivity index (χ3n) is 2.81. The number of hydrogen-bond donors (Lipinski definition) is 2. The van der Waals surface area contributed by atoms with Crippen molar-refractivity contribution in [2.75, 3.05) is 12.4 Å². The van der Waals surface area contributed by atoms with Gasteiger partial charge < -0.3 is 15.4 Å². The second kappa shape index (κ2) is 6.56.